The van der Waals surface area contributed by atoms with Gasteiger partial charge in [0.15, 0.2) is 4.80 Å². The van der Waals surface area contributed by atoms with Crippen LogP contribution in [-0.4, -0.2) is 28.8 Å². The summed E-state index contributed by atoms with van der Waals surface area (Å²) in [4.78, 5) is 28.2. The molecular weight excluding hydrogens is 316 g/mol. The van der Waals surface area contributed by atoms with Crippen LogP contribution in [0.15, 0.2) is 29.3 Å². The van der Waals surface area contributed by atoms with Crippen molar-refractivity contribution in [2.75, 3.05) is 6.61 Å². The molecule has 1 aromatic heterocycles. The van der Waals surface area contributed by atoms with Crippen molar-refractivity contribution in [1.29, 1.82) is 0 Å². The molecule has 0 aliphatic carbocycles. The van der Waals surface area contributed by atoms with Gasteiger partial charge in [0.1, 0.15) is 12.1 Å². The third kappa shape index (κ3) is 4.66. The zero-order valence-electron chi connectivity index (χ0n) is 13.7. The number of ether oxygens (including phenoxy) is 2. The summed E-state index contributed by atoms with van der Waals surface area (Å²) in [6.45, 7) is 7.38. The predicted octanol–water partition coefficient (Wildman–Crippen LogP) is 3.10. The summed E-state index contributed by atoms with van der Waals surface area (Å²) < 4.78 is 12.8. The van der Waals surface area contributed by atoms with Crippen LogP contribution >= 0.6 is 11.3 Å². The van der Waals surface area contributed by atoms with Gasteiger partial charge in [0.05, 0.1) is 16.8 Å². The van der Waals surface area contributed by atoms with Crippen molar-refractivity contribution in [2.45, 2.75) is 39.8 Å². The lowest BCUT2D eigenvalue weighted by Crippen LogP contribution is -2.26. The highest BCUT2D eigenvalue weighted by atomic mass is 32.1. The van der Waals surface area contributed by atoms with Crippen LogP contribution in [0.4, 0.5) is 4.79 Å². The molecular formula is C16H20N2O4S. The second-order valence-electron chi connectivity index (χ2n) is 5.84. The molecule has 0 saturated heterocycles. The van der Waals surface area contributed by atoms with E-state index in [0.717, 1.165) is 10.2 Å². The molecule has 1 heterocycles. The van der Waals surface area contributed by atoms with Gasteiger partial charge in [-0.25, -0.2) is 4.79 Å². The van der Waals surface area contributed by atoms with E-state index in [1.165, 1.54) is 11.3 Å². The number of aromatic nitrogens is 1. The summed E-state index contributed by atoms with van der Waals surface area (Å²) in [6.07, 6.45) is -0.679. The minimum absolute atomic E-state index is 0.000511. The van der Waals surface area contributed by atoms with Crippen molar-refractivity contribution in [3.8, 4) is 0 Å². The summed E-state index contributed by atoms with van der Waals surface area (Å²) in [5.74, 6) is -0.373. The number of benzene rings is 1. The van der Waals surface area contributed by atoms with Gasteiger partial charge in [-0.1, -0.05) is 23.5 Å². The lowest BCUT2D eigenvalue weighted by Gasteiger charge is -2.17. The Morgan fingerprint density at radius 3 is 2.61 bits per heavy atom. The Morgan fingerprint density at radius 1 is 1.26 bits per heavy atom. The maximum Gasteiger partial charge on any atom is 0.436 e. The van der Waals surface area contributed by atoms with Crippen LogP contribution in [-0.2, 0) is 20.8 Å². The number of amides is 1. The molecule has 0 unspecified atom stereocenters. The highest BCUT2D eigenvalue weighted by Crippen LogP contribution is 2.17. The molecule has 7 heteroatoms. The van der Waals surface area contributed by atoms with Crippen LogP contribution in [0, 0.1) is 0 Å². The van der Waals surface area contributed by atoms with E-state index in [0.29, 0.717) is 11.4 Å². The van der Waals surface area contributed by atoms with Crippen LogP contribution in [0.25, 0.3) is 10.2 Å². The Bertz CT molecular complexity index is 783. The lowest BCUT2D eigenvalue weighted by molar-refractivity contribution is -0.143. The van der Waals surface area contributed by atoms with Crippen LogP contribution in [0.3, 0.4) is 0 Å². The highest BCUT2D eigenvalue weighted by Gasteiger charge is 2.17. The number of hydrogen-bond donors (Lipinski definition) is 0. The smallest absolute Gasteiger partial charge is 0.436 e. The summed E-state index contributed by atoms with van der Waals surface area (Å²) in [5, 5.41) is 0. The van der Waals surface area contributed by atoms with Crippen molar-refractivity contribution in [3.05, 3.63) is 29.1 Å². The molecule has 0 aliphatic rings. The van der Waals surface area contributed by atoms with Crippen LogP contribution < -0.4 is 4.80 Å². The van der Waals surface area contributed by atoms with Gasteiger partial charge in [-0.15, -0.1) is 4.99 Å². The van der Waals surface area contributed by atoms with Crippen molar-refractivity contribution >= 4 is 33.6 Å². The second kappa shape index (κ2) is 6.95. The van der Waals surface area contributed by atoms with Crippen LogP contribution in [0.2, 0.25) is 0 Å². The Morgan fingerprint density at radius 2 is 1.96 bits per heavy atom. The average Bonchev–Trinajstić information content (AvgIpc) is 2.75. The molecule has 0 atom stereocenters. The van der Waals surface area contributed by atoms with Crippen molar-refractivity contribution in [2.24, 2.45) is 4.99 Å². The number of carbonyl (C=O) groups excluding carboxylic acids is 2. The van der Waals surface area contributed by atoms with E-state index in [1.807, 2.05) is 24.3 Å². The zero-order chi connectivity index (χ0) is 17.0. The first-order valence-electron chi connectivity index (χ1n) is 7.32. The fraction of sp³-hybridized carbons (Fsp3) is 0.438. The Labute approximate surface area is 138 Å². The minimum Gasteiger partial charge on any atom is -0.465 e. The molecule has 0 bridgehead atoms. The van der Waals surface area contributed by atoms with E-state index in [-0.39, 0.29) is 12.5 Å². The molecule has 0 spiro atoms. The molecule has 2 aromatic rings. The predicted molar refractivity (Wildman–Crippen MR) is 88.2 cm³/mol. The highest BCUT2D eigenvalue weighted by molar-refractivity contribution is 7.16. The first kappa shape index (κ1) is 17.2. The number of esters is 1. The van der Waals surface area contributed by atoms with Crippen molar-refractivity contribution < 1.29 is 19.1 Å². The third-order valence-electron chi connectivity index (χ3n) is 2.76. The van der Waals surface area contributed by atoms with Crippen LogP contribution in [0.1, 0.15) is 27.7 Å². The first-order chi connectivity index (χ1) is 10.8. The van der Waals surface area contributed by atoms with Gasteiger partial charge in [0, 0.05) is 0 Å². The fourth-order valence-electron chi connectivity index (χ4n) is 1.96. The number of para-hydroxylation sites is 1. The number of rotatable bonds is 3. The first-order valence-corrected chi connectivity index (χ1v) is 8.13. The maximum absolute atomic E-state index is 12.0. The van der Waals surface area contributed by atoms with Crippen molar-refractivity contribution in [3.63, 3.8) is 0 Å². The molecule has 1 aromatic carbocycles. The molecule has 0 aliphatic heterocycles. The lowest BCUT2D eigenvalue weighted by atomic mass is 10.2. The number of fused-ring (bicyclic) bond motifs is 1. The average molecular weight is 336 g/mol. The molecule has 0 saturated carbocycles. The summed E-state index contributed by atoms with van der Waals surface area (Å²) in [7, 11) is 0. The minimum atomic E-state index is -0.679. The number of nitrogens with zero attached hydrogens (tertiary/aromatic N) is 2. The van der Waals surface area contributed by atoms with Gasteiger partial charge < -0.3 is 14.0 Å². The summed E-state index contributed by atoms with van der Waals surface area (Å²) in [5.41, 5.74) is 0.205. The summed E-state index contributed by atoms with van der Waals surface area (Å²) >= 11 is 1.33. The van der Waals surface area contributed by atoms with Gasteiger partial charge in [0.2, 0.25) is 0 Å². The van der Waals surface area contributed by atoms with E-state index < -0.39 is 11.7 Å². The number of carbonyl (C=O) groups is 2. The normalized spacial score (nSPS) is 12.4. The van der Waals surface area contributed by atoms with Gasteiger partial charge >= 0.3 is 12.1 Å². The molecule has 124 valence electrons. The molecule has 23 heavy (non-hydrogen) atoms. The molecule has 0 radical (unpaired) electrons. The van der Waals surface area contributed by atoms with E-state index in [9.17, 15) is 9.59 Å². The second-order valence-corrected chi connectivity index (χ2v) is 6.84. The fourth-order valence-corrected chi connectivity index (χ4v) is 2.98. The van der Waals surface area contributed by atoms with Gasteiger partial charge in [-0.3, -0.25) is 4.79 Å². The maximum atomic E-state index is 12.0. The summed E-state index contributed by atoms with van der Waals surface area (Å²) in [6, 6.07) is 7.55. The van der Waals surface area contributed by atoms with E-state index in [2.05, 4.69) is 4.99 Å². The Hall–Kier alpha value is -2.15. The molecule has 6 nitrogen and oxygen atoms in total. The third-order valence-corrected chi connectivity index (χ3v) is 3.82. The zero-order valence-corrected chi connectivity index (χ0v) is 14.5. The van der Waals surface area contributed by atoms with Gasteiger partial charge in [-0.2, -0.15) is 0 Å². The van der Waals surface area contributed by atoms with Crippen molar-refractivity contribution in [1.82, 2.24) is 4.57 Å². The van der Waals surface area contributed by atoms with E-state index in [1.54, 1.807) is 32.3 Å². The van der Waals surface area contributed by atoms with Crippen LogP contribution in [0.5, 0.6) is 0 Å². The van der Waals surface area contributed by atoms with E-state index in [4.69, 9.17) is 9.47 Å². The standard InChI is InChI=1S/C16H20N2O4S/c1-5-21-13(19)10-18-11-8-6-7-9-12(11)23-14(18)17-15(20)22-16(2,3)4/h6-9H,5,10H2,1-4H3/b17-14-. The van der Waals surface area contributed by atoms with Gasteiger partial charge in [-0.05, 0) is 39.8 Å². The molecule has 2 rings (SSSR count). The Balaban J connectivity index is 2.45. The monoisotopic (exact) mass is 336 g/mol. The molecule has 0 N–H and O–H groups in total. The van der Waals surface area contributed by atoms with E-state index >= 15 is 0 Å². The Kier molecular flexibility index (Phi) is 5.20. The number of thiazole rings is 1. The topological polar surface area (TPSA) is 69.9 Å². The number of hydrogen-bond acceptors (Lipinski definition) is 5. The SMILES string of the molecule is CCOC(=O)Cn1/c(=N/C(=O)OC(C)(C)C)sc2ccccc21. The largest absolute Gasteiger partial charge is 0.465 e. The molecule has 1 amide bonds. The quantitative estimate of drug-likeness (QED) is 0.808. The van der Waals surface area contributed by atoms with Gasteiger partial charge in [0.25, 0.3) is 0 Å². The molecule has 0 fully saturated rings.